The minimum absolute atomic E-state index is 0.320. The normalized spacial score (nSPS) is 17.4. The van der Waals surface area contributed by atoms with Crippen molar-refractivity contribution in [2.45, 2.75) is 31.8 Å². The monoisotopic (exact) mass is 223 g/mol. The molecule has 1 aromatic carbocycles. The van der Waals surface area contributed by atoms with E-state index in [4.69, 9.17) is 16.4 Å². The van der Waals surface area contributed by atoms with Crippen LogP contribution < -0.4 is 0 Å². The summed E-state index contributed by atoms with van der Waals surface area (Å²) in [5.74, 6) is 0. The molecule has 0 atom stereocenters. The Morgan fingerprint density at radius 1 is 1.33 bits per heavy atom. The zero-order chi connectivity index (χ0) is 10.5. The van der Waals surface area contributed by atoms with Crippen LogP contribution in [-0.4, -0.2) is 12.3 Å². The minimum Gasteiger partial charge on any atom is -0.393 e. The lowest BCUT2D eigenvalue weighted by molar-refractivity contribution is 0.0657. The number of hydrogen-bond acceptors (Lipinski definition) is 2. The second-order valence-electron chi connectivity index (χ2n) is 3.80. The first-order valence-corrected chi connectivity index (χ1v) is 5.67. The molecule has 0 unspecified atom stereocenters. The van der Waals surface area contributed by atoms with Crippen LogP contribution in [0.4, 0.5) is 0 Å². The predicted octanol–water partition coefficient (Wildman–Crippen LogP) is 3.63. The molecule has 1 fully saturated rings. The van der Waals surface area contributed by atoms with Gasteiger partial charge in [0.1, 0.15) is 6.10 Å². The molecule has 2 nitrogen and oxygen atoms in total. The molecule has 15 heavy (non-hydrogen) atoms. The molecule has 0 radical (unpaired) electrons. The summed E-state index contributed by atoms with van der Waals surface area (Å²) in [7, 11) is 0. The van der Waals surface area contributed by atoms with Crippen LogP contribution in [0.3, 0.4) is 0 Å². The van der Waals surface area contributed by atoms with E-state index in [1.165, 1.54) is 12.8 Å². The quantitative estimate of drug-likeness (QED) is 0.567. The second-order valence-corrected chi connectivity index (χ2v) is 4.24. The first-order valence-electron chi connectivity index (χ1n) is 5.29. The van der Waals surface area contributed by atoms with Crippen molar-refractivity contribution in [2.24, 2.45) is 5.16 Å². The van der Waals surface area contributed by atoms with E-state index in [-0.39, 0.29) is 0 Å². The largest absolute Gasteiger partial charge is 0.393 e. The zero-order valence-electron chi connectivity index (χ0n) is 8.53. The Kier molecular flexibility index (Phi) is 3.62. The third-order valence-electron chi connectivity index (χ3n) is 2.56. The molecule has 0 aliphatic heterocycles. The molecule has 1 saturated carbocycles. The summed E-state index contributed by atoms with van der Waals surface area (Å²) in [4.78, 5) is 5.37. The molecule has 2 rings (SSSR count). The summed E-state index contributed by atoms with van der Waals surface area (Å²) in [5.41, 5.74) is 0.973. The number of benzene rings is 1. The Morgan fingerprint density at radius 3 is 2.87 bits per heavy atom. The molecule has 0 amide bonds. The van der Waals surface area contributed by atoms with Gasteiger partial charge in [0.25, 0.3) is 0 Å². The molecule has 0 saturated heterocycles. The lowest BCUT2D eigenvalue weighted by Crippen LogP contribution is -2.02. The van der Waals surface area contributed by atoms with Crippen LogP contribution in [0, 0.1) is 0 Å². The van der Waals surface area contributed by atoms with Crippen LogP contribution >= 0.6 is 11.6 Å². The molecule has 1 aliphatic rings. The van der Waals surface area contributed by atoms with E-state index in [9.17, 15) is 0 Å². The van der Waals surface area contributed by atoms with Crippen molar-refractivity contribution >= 4 is 17.8 Å². The van der Waals surface area contributed by atoms with E-state index in [0.29, 0.717) is 6.10 Å². The first-order chi connectivity index (χ1) is 7.34. The van der Waals surface area contributed by atoms with Crippen LogP contribution in [0.25, 0.3) is 0 Å². The van der Waals surface area contributed by atoms with Crippen molar-refractivity contribution in [2.75, 3.05) is 0 Å². The van der Waals surface area contributed by atoms with E-state index in [2.05, 4.69) is 5.16 Å². The van der Waals surface area contributed by atoms with E-state index in [1.54, 1.807) is 6.21 Å². The van der Waals surface area contributed by atoms with Crippen molar-refractivity contribution < 1.29 is 4.84 Å². The molecule has 1 aliphatic carbocycles. The maximum atomic E-state index is 5.85. The number of hydrogen-bond donors (Lipinski definition) is 0. The van der Waals surface area contributed by atoms with Gasteiger partial charge in [-0.05, 0) is 43.4 Å². The Labute approximate surface area is 94.9 Å². The maximum Gasteiger partial charge on any atom is 0.127 e. The van der Waals surface area contributed by atoms with Gasteiger partial charge < -0.3 is 4.84 Å². The van der Waals surface area contributed by atoms with Crippen LogP contribution in [-0.2, 0) is 4.84 Å². The summed E-state index contributed by atoms with van der Waals surface area (Å²) < 4.78 is 0. The van der Waals surface area contributed by atoms with Gasteiger partial charge in [0, 0.05) is 5.02 Å². The molecule has 1 aromatic rings. The van der Waals surface area contributed by atoms with E-state index < -0.39 is 0 Å². The number of oxime groups is 1. The third-order valence-corrected chi connectivity index (χ3v) is 2.80. The van der Waals surface area contributed by atoms with Crippen LogP contribution in [0.15, 0.2) is 29.4 Å². The summed E-state index contributed by atoms with van der Waals surface area (Å²) in [6.45, 7) is 0. The highest BCUT2D eigenvalue weighted by Crippen LogP contribution is 2.20. The Bertz CT molecular complexity index is 345. The lowest BCUT2D eigenvalue weighted by atomic mass is 10.2. The summed E-state index contributed by atoms with van der Waals surface area (Å²) in [5, 5.41) is 4.70. The predicted molar refractivity (Wildman–Crippen MR) is 62.4 cm³/mol. The molecule has 0 spiro atoms. The lowest BCUT2D eigenvalue weighted by Gasteiger charge is -2.05. The zero-order valence-corrected chi connectivity index (χ0v) is 9.28. The fourth-order valence-corrected chi connectivity index (χ4v) is 1.96. The SMILES string of the molecule is Clc1cccc(C=NOC2CCCC2)c1. The molecule has 0 heterocycles. The second kappa shape index (κ2) is 5.17. The smallest absolute Gasteiger partial charge is 0.127 e. The van der Waals surface area contributed by atoms with Gasteiger partial charge in [-0.3, -0.25) is 0 Å². The Hall–Kier alpha value is -1.02. The maximum absolute atomic E-state index is 5.85. The average molecular weight is 224 g/mol. The fourth-order valence-electron chi connectivity index (χ4n) is 1.76. The third kappa shape index (κ3) is 3.24. The van der Waals surface area contributed by atoms with E-state index in [0.717, 1.165) is 23.4 Å². The van der Waals surface area contributed by atoms with Gasteiger partial charge in [-0.15, -0.1) is 0 Å². The summed E-state index contributed by atoms with van der Waals surface area (Å²) in [6.07, 6.45) is 6.82. The van der Waals surface area contributed by atoms with Crippen molar-refractivity contribution in [1.82, 2.24) is 0 Å². The van der Waals surface area contributed by atoms with E-state index in [1.807, 2.05) is 24.3 Å². The highest BCUT2D eigenvalue weighted by molar-refractivity contribution is 6.30. The van der Waals surface area contributed by atoms with Crippen molar-refractivity contribution in [3.8, 4) is 0 Å². The Morgan fingerprint density at radius 2 is 2.13 bits per heavy atom. The first kappa shape index (κ1) is 10.5. The van der Waals surface area contributed by atoms with E-state index >= 15 is 0 Å². The van der Waals surface area contributed by atoms with Gasteiger partial charge in [-0.2, -0.15) is 0 Å². The summed E-state index contributed by atoms with van der Waals surface area (Å²) >= 11 is 5.85. The van der Waals surface area contributed by atoms with Crippen molar-refractivity contribution in [3.63, 3.8) is 0 Å². The minimum atomic E-state index is 0.320. The number of rotatable bonds is 3. The van der Waals surface area contributed by atoms with Gasteiger partial charge in [-0.25, -0.2) is 0 Å². The topological polar surface area (TPSA) is 21.6 Å². The number of halogens is 1. The standard InChI is InChI=1S/C12H14ClNO/c13-11-5-3-4-10(8-11)9-14-15-12-6-1-2-7-12/h3-5,8-9,12H,1-2,6-7H2. The van der Waals surface area contributed by atoms with Gasteiger partial charge in [0.15, 0.2) is 0 Å². The molecule has 0 bridgehead atoms. The van der Waals surface area contributed by atoms with Crippen LogP contribution in [0.1, 0.15) is 31.2 Å². The van der Waals surface area contributed by atoms with Crippen LogP contribution in [0.5, 0.6) is 0 Å². The molecular formula is C12H14ClNO. The Balaban J connectivity index is 1.87. The van der Waals surface area contributed by atoms with Crippen LogP contribution in [0.2, 0.25) is 5.02 Å². The molecule has 0 N–H and O–H groups in total. The average Bonchev–Trinajstić information content (AvgIpc) is 2.71. The van der Waals surface area contributed by atoms with Gasteiger partial charge in [0.2, 0.25) is 0 Å². The van der Waals surface area contributed by atoms with Gasteiger partial charge in [-0.1, -0.05) is 28.9 Å². The fraction of sp³-hybridized carbons (Fsp3) is 0.417. The van der Waals surface area contributed by atoms with Gasteiger partial charge in [0.05, 0.1) is 6.21 Å². The highest BCUT2D eigenvalue weighted by Gasteiger charge is 2.15. The molecular weight excluding hydrogens is 210 g/mol. The van der Waals surface area contributed by atoms with Crippen molar-refractivity contribution in [1.29, 1.82) is 0 Å². The number of nitrogens with zero attached hydrogens (tertiary/aromatic N) is 1. The molecule has 3 heteroatoms. The molecule has 80 valence electrons. The van der Waals surface area contributed by atoms with Crippen molar-refractivity contribution in [3.05, 3.63) is 34.9 Å². The highest BCUT2D eigenvalue weighted by atomic mass is 35.5. The molecule has 0 aromatic heterocycles. The summed E-state index contributed by atoms with van der Waals surface area (Å²) in [6, 6.07) is 7.56. The van der Waals surface area contributed by atoms with Gasteiger partial charge >= 0.3 is 0 Å².